The van der Waals surface area contributed by atoms with Crippen LogP contribution in [-0.4, -0.2) is 24.6 Å². The van der Waals surface area contributed by atoms with Crippen molar-refractivity contribution in [3.63, 3.8) is 0 Å². The predicted octanol–water partition coefficient (Wildman–Crippen LogP) is 3.26. The molecular weight excluding hydrogens is 292 g/mol. The SMILES string of the molecule is COc1ccc(NC(=O)COc2ccc3ncccc3c2)cc1. The van der Waals surface area contributed by atoms with Gasteiger partial charge in [-0.1, -0.05) is 6.07 Å². The number of nitrogens with zero attached hydrogens (tertiary/aromatic N) is 1. The van der Waals surface area contributed by atoms with Crippen LogP contribution in [0.2, 0.25) is 0 Å². The van der Waals surface area contributed by atoms with Gasteiger partial charge in [-0.25, -0.2) is 0 Å². The summed E-state index contributed by atoms with van der Waals surface area (Å²) in [6.07, 6.45) is 1.74. The predicted molar refractivity (Wildman–Crippen MR) is 88.9 cm³/mol. The third-order valence-corrected chi connectivity index (χ3v) is 3.32. The number of rotatable bonds is 5. The number of ether oxygens (including phenoxy) is 2. The molecule has 23 heavy (non-hydrogen) atoms. The molecular formula is C18H16N2O3. The molecule has 5 heteroatoms. The lowest BCUT2D eigenvalue weighted by atomic mass is 10.2. The molecule has 5 nitrogen and oxygen atoms in total. The van der Waals surface area contributed by atoms with Crippen LogP contribution >= 0.6 is 0 Å². The summed E-state index contributed by atoms with van der Waals surface area (Å²) in [4.78, 5) is 16.2. The zero-order chi connectivity index (χ0) is 16.1. The number of hydrogen-bond donors (Lipinski definition) is 1. The molecule has 1 heterocycles. The first-order chi connectivity index (χ1) is 11.2. The Labute approximate surface area is 133 Å². The largest absolute Gasteiger partial charge is 0.497 e. The number of aromatic nitrogens is 1. The van der Waals surface area contributed by atoms with E-state index in [9.17, 15) is 4.79 Å². The number of benzene rings is 2. The van der Waals surface area contributed by atoms with Gasteiger partial charge in [-0.3, -0.25) is 9.78 Å². The first-order valence-electron chi connectivity index (χ1n) is 7.16. The monoisotopic (exact) mass is 308 g/mol. The Morgan fingerprint density at radius 1 is 1.09 bits per heavy atom. The van der Waals surface area contributed by atoms with Crippen LogP contribution in [0.25, 0.3) is 10.9 Å². The van der Waals surface area contributed by atoms with Gasteiger partial charge in [0, 0.05) is 17.3 Å². The lowest BCUT2D eigenvalue weighted by molar-refractivity contribution is -0.118. The molecule has 0 saturated carbocycles. The molecule has 0 atom stereocenters. The van der Waals surface area contributed by atoms with Crippen molar-refractivity contribution in [2.24, 2.45) is 0 Å². The van der Waals surface area contributed by atoms with Crippen LogP contribution in [0.4, 0.5) is 5.69 Å². The average molecular weight is 308 g/mol. The zero-order valence-electron chi connectivity index (χ0n) is 12.7. The molecule has 1 aromatic heterocycles. The topological polar surface area (TPSA) is 60.5 Å². The van der Waals surface area contributed by atoms with Crippen molar-refractivity contribution < 1.29 is 14.3 Å². The first-order valence-corrected chi connectivity index (χ1v) is 7.16. The number of pyridine rings is 1. The second kappa shape index (κ2) is 6.79. The summed E-state index contributed by atoms with van der Waals surface area (Å²) in [5.74, 6) is 1.15. The van der Waals surface area contributed by atoms with Gasteiger partial charge in [0.25, 0.3) is 5.91 Å². The fourth-order valence-electron chi connectivity index (χ4n) is 2.16. The highest BCUT2D eigenvalue weighted by Gasteiger charge is 2.05. The smallest absolute Gasteiger partial charge is 0.262 e. The van der Waals surface area contributed by atoms with E-state index in [0.717, 1.165) is 16.7 Å². The van der Waals surface area contributed by atoms with Gasteiger partial charge >= 0.3 is 0 Å². The molecule has 0 unspecified atom stereocenters. The number of carbonyl (C=O) groups is 1. The maximum Gasteiger partial charge on any atom is 0.262 e. The van der Waals surface area contributed by atoms with Crippen LogP contribution in [0.3, 0.4) is 0 Å². The van der Waals surface area contributed by atoms with Crippen molar-refractivity contribution in [1.29, 1.82) is 0 Å². The second-order valence-electron chi connectivity index (χ2n) is 4.92. The van der Waals surface area contributed by atoms with Gasteiger partial charge in [-0.05, 0) is 48.5 Å². The van der Waals surface area contributed by atoms with Crippen LogP contribution in [-0.2, 0) is 4.79 Å². The van der Waals surface area contributed by atoms with Gasteiger partial charge in [0.2, 0.25) is 0 Å². The van der Waals surface area contributed by atoms with Crippen molar-refractivity contribution in [3.05, 3.63) is 60.8 Å². The molecule has 0 radical (unpaired) electrons. The third-order valence-electron chi connectivity index (χ3n) is 3.32. The standard InChI is InChI=1S/C18H16N2O3/c1-22-15-6-4-14(5-7-15)20-18(21)12-23-16-8-9-17-13(11-16)3-2-10-19-17/h2-11H,12H2,1H3,(H,20,21). The van der Waals surface area contributed by atoms with Crippen LogP contribution in [0.15, 0.2) is 60.8 Å². The van der Waals surface area contributed by atoms with E-state index in [1.165, 1.54) is 0 Å². The Balaban J connectivity index is 1.58. The Hall–Kier alpha value is -3.08. The second-order valence-corrected chi connectivity index (χ2v) is 4.92. The molecule has 0 bridgehead atoms. The number of fused-ring (bicyclic) bond motifs is 1. The van der Waals surface area contributed by atoms with Crippen LogP contribution in [0.5, 0.6) is 11.5 Å². The van der Waals surface area contributed by atoms with E-state index >= 15 is 0 Å². The van der Waals surface area contributed by atoms with Gasteiger partial charge in [-0.2, -0.15) is 0 Å². The molecule has 3 aromatic rings. The highest BCUT2D eigenvalue weighted by molar-refractivity contribution is 5.92. The van der Waals surface area contributed by atoms with Gasteiger partial charge in [0.1, 0.15) is 11.5 Å². The van der Waals surface area contributed by atoms with Crippen molar-refractivity contribution in [3.8, 4) is 11.5 Å². The number of hydrogen-bond acceptors (Lipinski definition) is 4. The summed E-state index contributed by atoms with van der Waals surface area (Å²) in [7, 11) is 1.60. The zero-order valence-corrected chi connectivity index (χ0v) is 12.7. The lowest BCUT2D eigenvalue weighted by Gasteiger charge is -2.08. The number of nitrogens with one attached hydrogen (secondary N) is 1. The van der Waals surface area contributed by atoms with E-state index in [4.69, 9.17) is 9.47 Å². The summed E-state index contributed by atoms with van der Waals surface area (Å²) in [6, 6.07) is 16.5. The summed E-state index contributed by atoms with van der Waals surface area (Å²) in [5, 5.41) is 3.74. The molecule has 2 aromatic carbocycles. The first kappa shape index (κ1) is 14.8. The molecule has 0 saturated heterocycles. The Morgan fingerprint density at radius 3 is 2.65 bits per heavy atom. The van der Waals surface area contributed by atoms with E-state index in [1.54, 1.807) is 43.6 Å². The minimum absolute atomic E-state index is 0.0577. The summed E-state index contributed by atoms with van der Waals surface area (Å²) < 4.78 is 10.6. The van der Waals surface area contributed by atoms with Crippen molar-refractivity contribution >= 4 is 22.5 Å². The maximum absolute atomic E-state index is 11.9. The van der Waals surface area contributed by atoms with Crippen molar-refractivity contribution in [2.75, 3.05) is 19.0 Å². The molecule has 0 spiro atoms. The van der Waals surface area contributed by atoms with Crippen LogP contribution in [0, 0.1) is 0 Å². The average Bonchev–Trinajstić information content (AvgIpc) is 2.60. The number of amides is 1. The van der Waals surface area contributed by atoms with E-state index in [0.29, 0.717) is 11.4 Å². The minimum atomic E-state index is -0.221. The van der Waals surface area contributed by atoms with Gasteiger partial charge in [0.15, 0.2) is 6.61 Å². The van der Waals surface area contributed by atoms with Crippen molar-refractivity contribution in [1.82, 2.24) is 4.98 Å². The maximum atomic E-state index is 11.9. The highest BCUT2D eigenvalue weighted by Crippen LogP contribution is 2.19. The van der Waals surface area contributed by atoms with E-state index in [-0.39, 0.29) is 12.5 Å². The Bertz CT molecular complexity index is 816. The summed E-state index contributed by atoms with van der Waals surface area (Å²) >= 11 is 0. The highest BCUT2D eigenvalue weighted by atomic mass is 16.5. The van der Waals surface area contributed by atoms with Crippen LogP contribution < -0.4 is 14.8 Å². The fraction of sp³-hybridized carbons (Fsp3) is 0.111. The molecule has 3 rings (SSSR count). The van der Waals surface area contributed by atoms with Crippen molar-refractivity contribution in [2.45, 2.75) is 0 Å². The molecule has 0 aliphatic rings. The molecule has 0 fully saturated rings. The number of methoxy groups -OCH3 is 1. The molecule has 0 aliphatic heterocycles. The van der Waals surface area contributed by atoms with E-state index in [1.807, 2.05) is 24.3 Å². The quantitative estimate of drug-likeness (QED) is 0.786. The van der Waals surface area contributed by atoms with Gasteiger partial charge in [-0.15, -0.1) is 0 Å². The molecule has 1 N–H and O–H groups in total. The van der Waals surface area contributed by atoms with E-state index in [2.05, 4.69) is 10.3 Å². The Kier molecular flexibility index (Phi) is 4.38. The molecule has 1 amide bonds. The third kappa shape index (κ3) is 3.77. The molecule has 0 aliphatic carbocycles. The molecule has 116 valence electrons. The number of anilines is 1. The summed E-state index contributed by atoms with van der Waals surface area (Å²) in [5.41, 5.74) is 1.59. The normalized spacial score (nSPS) is 10.3. The van der Waals surface area contributed by atoms with Gasteiger partial charge in [0.05, 0.1) is 12.6 Å². The lowest BCUT2D eigenvalue weighted by Crippen LogP contribution is -2.20. The van der Waals surface area contributed by atoms with Crippen LogP contribution in [0.1, 0.15) is 0 Å². The minimum Gasteiger partial charge on any atom is -0.497 e. The fourth-order valence-corrected chi connectivity index (χ4v) is 2.16. The number of carbonyl (C=O) groups excluding carboxylic acids is 1. The summed E-state index contributed by atoms with van der Waals surface area (Å²) in [6.45, 7) is -0.0577. The van der Waals surface area contributed by atoms with Gasteiger partial charge < -0.3 is 14.8 Å². The Morgan fingerprint density at radius 2 is 1.87 bits per heavy atom. The van der Waals surface area contributed by atoms with E-state index < -0.39 is 0 Å².